The van der Waals surface area contributed by atoms with Gasteiger partial charge >= 0.3 is 0 Å². The molecule has 0 bridgehead atoms. The number of aryl methyl sites for hydroxylation is 2. The van der Waals surface area contributed by atoms with E-state index in [1.807, 2.05) is 0 Å². The zero-order chi connectivity index (χ0) is 14.5. The third-order valence-electron chi connectivity index (χ3n) is 4.26. The number of fused-ring (bicyclic) bond motifs is 1. The van der Waals surface area contributed by atoms with Crippen LogP contribution in [0.2, 0.25) is 0 Å². The smallest absolute Gasteiger partial charge is 0.122 e. The predicted molar refractivity (Wildman–Crippen MR) is 85.3 cm³/mol. The molecule has 2 aromatic carbocycles. The normalized spacial score (nSPS) is 15.1. The predicted octanol–water partition coefficient (Wildman–Crippen LogP) is 3.32. The van der Waals surface area contributed by atoms with Crippen LogP contribution in [0.25, 0.3) is 0 Å². The molecule has 0 radical (unpaired) electrons. The quantitative estimate of drug-likeness (QED) is 0.897. The summed E-state index contributed by atoms with van der Waals surface area (Å²) in [6.07, 6.45) is 5.73. The SMILES string of the molecule is [NH3+][C@@H](CCCc1ccccc1)c1ccc2c(c1)CCCO2. The summed E-state index contributed by atoms with van der Waals surface area (Å²) in [5, 5.41) is 0. The number of hydrogen-bond donors (Lipinski definition) is 1. The molecule has 0 amide bonds. The molecule has 21 heavy (non-hydrogen) atoms. The van der Waals surface area contributed by atoms with Crippen LogP contribution in [0.3, 0.4) is 0 Å². The monoisotopic (exact) mass is 282 g/mol. The summed E-state index contributed by atoms with van der Waals surface area (Å²) in [6, 6.07) is 17.7. The summed E-state index contributed by atoms with van der Waals surface area (Å²) in [5.41, 5.74) is 8.48. The van der Waals surface area contributed by atoms with E-state index in [1.165, 1.54) is 23.1 Å². The first kappa shape index (κ1) is 14.2. The average molecular weight is 282 g/mol. The van der Waals surface area contributed by atoms with E-state index >= 15 is 0 Å². The van der Waals surface area contributed by atoms with Crippen molar-refractivity contribution in [3.63, 3.8) is 0 Å². The highest BCUT2D eigenvalue weighted by atomic mass is 16.5. The highest BCUT2D eigenvalue weighted by Gasteiger charge is 2.15. The fourth-order valence-electron chi connectivity index (χ4n) is 3.00. The van der Waals surface area contributed by atoms with Crippen LogP contribution in [0.1, 0.15) is 42.0 Å². The maximum atomic E-state index is 5.68. The molecule has 0 saturated heterocycles. The highest BCUT2D eigenvalue weighted by Crippen LogP contribution is 2.28. The van der Waals surface area contributed by atoms with E-state index in [0.29, 0.717) is 6.04 Å². The Morgan fingerprint density at radius 1 is 1.10 bits per heavy atom. The minimum Gasteiger partial charge on any atom is -0.493 e. The van der Waals surface area contributed by atoms with Crippen LogP contribution in [0.4, 0.5) is 0 Å². The molecule has 1 aliphatic heterocycles. The molecule has 1 heterocycles. The van der Waals surface area contributed by atoms with Crippen molar-refractivity contribution in [2.24, 2.45) is 0 Å². The number of quaternary nitrogens is 1. The lowest BCUT2D eigenvalue weighted by Crippen LogP contribution is -2.53. The lowest BCUT2D eigenvalue weighted by molar-refractivity contribution is -0.428. The first-order chi connectivity index (χ1) is 10.3. The zero-order valence-electron chi connectivity index (χ0n) is 12.6. The van der Waals surface area contributed by atoms with E-state index in [-0.39, 0.29) is 0 Å². The van der Waals surface area contributed by atoms with Gasteiger partial charge in [-0.25, -0.2) is 0 Å². The summed E-state index contributed by atoms with van der Waals surface area (Å²) < 4.78 is 5.68. The van der Waals surface area contributed by atoms with Crippen molar-refractivity contribution < 1.29 is 10.5 Å². The Morgan fingerprint density at radius 2 is 1.95 bits per heavy atom. The molecule has 110 valence electrons. The van der Waals surface area contributed by atoms with Crippen molar-refractivity contribution in [3.8, 4) is 5.75 Å². The second kappa shape index (κ2) is 6.77. The largest absolute Gasteiger partial charge is 0.493 e. The van der Waals surface area contributed by atoms with Gasteiger partial charge in [-0.05, 0) is 55.0 Å². The van der Waals surface area contributed by atoms with Gasteiger partial charge in [-0.1, -0.05) is 30.3 Å². The summed E-state index contributed by atoms with van der Waals surface area (Å²) >= 11 is 0. The molecule has 1 aliphatic rings. The molecule has 0 aliphatic carbocycles. The van der Waals surface area contributed by atoms with Gasteiger partial charge < -0.3 is 10.5 Å². The molecule has 2 aromatic rings. The Kier molecular flexibility index (Phi) is 4.56. The maximum Gasteiger partial charge on any atom is 0.122 e. The Morgan fingerprint density at radius 3 is 2.81 bits per heavy atom. The van der Waals surface area contributed by atoms with E-state index < -0.39 is 0 Å². The van der Waals surface area contributed by atoms with Gasteiger partial charge in [-0.3, -0.25) is 0 Å². The van der Waals surface area contributed by atoms with Crippen LogP contribution >= 0.6 is 0 Å². The van der Waals surface area contributed by atoms with Gasteiger partial charge in [0.2, 0.25) is 0 Å². The lowest BCUT2D eigenvalue weighted by atomic mass is 9.96. The number of hydrogen-bond acceptors (Lipinski definition) is 1. The summed E-state index contributed by atoms with van der Waals surface area (Å²) in [4.78, 5) is 0. The van der Waals surface area contributed by atoms with E-state index in [9.17, 15) is 0 Å². The second-order valence-corrected chi connectivity index (χ2v) is 5.89. The van der Waals surface area contributed by atoms with Crippen LogP contribution in [0.5, 0.6) is 5.75 Å². The van der Waals surface area contributed by atoms with Crippen LogP contribution in [0, 0.1) is 0 Å². The summed E-state index contributed by atoms with van der Waals surface area (Å²) in [5.74, 6) is 1.07. The van der Waals surface area contributed by atoms with E-state index in [2.05, 4.69) is 54.3 Å². The Bertz CT molecular complexity index is 579. The molecule has 0 unspecified atom stereocenters. The Hall–Kier alpha value is -1.80. The average Bonchev–Trinajstić information content (AvgIpc) is 2.55. The van der Waals surface area contributed by atoms with Crippen molar-refractivity contribution in [1.82, 2.24) is 0 Å². The van der Waals surface area contributed by atoms with Gasteiger partial charge in [0.1, 0.15) is 11.8 Å². The minimum absolute atomic E-state index is 0.376. The van der Waals surface area contributed by atoms with Crippen LogP contribution < -0.4 is 10.5 Å². The van der Waals surface area contributed by atoms with E-state index in [4.69, 9.17) is 4.74 Å². The van der Waals surface area contributed by atoms with E-state index in [1.54, 1.807) is 0 Å². The molecular weight excluding hydrogens is 258 g/mol. The zero-order valence-corrected chi connectivity index (χ0v) is 12.6. The molecule has 1 atom stereocenters. The van der Waals surface area contributed by atoms with Crippen molar-refractivity contribution in [2.75, 3.05) is 6.61 Å². The van der Waals surface area contributed by atoms with Crippen molar-refractivity contribution in [1.29, 1.82) is 0 Å². The van der Waals surface area contributed by atoms with E-state index in [0.717, 1.165) is 38.0 Å². The van der Waals surface area contributed by atoms with Crippen molar-refractivity contribution in [2.45, 2.75) is 38.1 Å². The number of rotatable bonds is 5. The Balaban J connectivity index is 1.56. The maximum absolute atomic E-state index is 5.68. The van der Waals surface area contributed by atoms with Crippen molar-refractivity contribution >= 4 is 0 Å². The van der Waals surface area contributed by atoms with Crippen LogP contribution in [-0.2, 0) is 12.8 Å². The molecular formula is C19H24NO+. The summed E-state index contributed by atoms with van der Waals surface area (Å²) in [6.45, 7) is 0.858. The molecule has 0 spiro atoms. The number of ether oxygens (including phenoxy) is 1. The fraction of sp³-hybridized carbons (Fsp3) is 0.368. The standard InChI is InChI=1S/C19H23NO/c20-18(10-4-8-15-6-2-1-3-7-15)16-11-12-19-17(14-16)9-5-13-21-19/h1-3,6-7,11-12,14,18H,4-5,8-10,13,20H2/p+1/t18-/m0/s1. The third kappa shape index (κ3) is 3.64. The van der Waals surface area contributed by atoms with Gasteiger partial charge in [0.15, 0.2) is 0 Å². The van der Waals surface area contributed by atoms with Gasteiger partial charge in [-0.2, -0.15) is 0 Å². The molecule has 0 saturated carbocycles. The number of benzene rings is 2. The van der Waals surface area contributed by atoms with Crippen LogP contribution in [-0.4, -0.2) is 6.61 Å². The minimum atomic E-state index is 0.376. The summed E-state index contributed by atoms with van der Waals surface area (Å²) in [7, 11) is 0. The molecule has 0 aromatic heterocycles. The molecule has 2 heteroatoms. The van der Waals surface area contributed by atoms with Gasteiger partial charge in [-0.15, -0.1) is 0 Å². The van der Waals surface area contributed by atoms with Gasteiger partial charge in [0.05, 0.1) is 6.61 Å². The highest BCUT2D eigenvalue weighted by molar-refractivity contribution is 5.39. The van der Waals surface area contributed by atoms with Crippen LogP contribution in [0.15, 0.2) is 48.5 Å². The topological polar surface area (TPSA) is 36.9 Å². The lowest BCUT2D eigenvalue weighted by Gasteiger charge is -2.19. The molecule has 3 N–H and O–H groups in total. The molecule has 0 fully saturated rings. The first-order valence-electron chi connectivity index (χ1n) is 7.95. The Labute approximate surface area is 126 Å². The molecule has 2 nitrogen and oxygen atoms in total. The second-order valence-electron chi connectivity index (χ2n) is 5.89. The molecule has 3 rings (SSSR count). The third-order valence-corrected chi connectivity index (χ3v) is 4.26. The van der Waals surface area contributed by atoms with Crippen molar-refractivity contribution in [3.05, 3.63) is 65.2 Å². The fourth-order valence-corrected chi connectivity index (χ4v) is 3.00. The van der Waals surface area contributed by atoms with Gasteiger partial charge in [0, 0.05) is 12.0 Å². The first-order valence-corrected chi connectivity index (χ1v) is 7.95. The van der Waals surface area contributed by atoms with Gasteiger partial charge in [0.25, 0.3) is 0 Å².